The van der Waals surface area contributed by atoms with E-state index in [1.165, 1.54) is 22.4 Å². The summed E-state index contributed by atoms with van der Waals surface area (Å²) in [4.78, 5) is 53.7. The summed E-state index contributed by atoms with van der Waals surface area (Å²) in [6.45, 7) is 17.8. The van der Waals surface area contributed by atoms with Gasteiger partial charge in [0.15, 0.2) is 0 Å². The van der Waals surface area contributed by atoms with E-state index in [0.29, 0.717) is 22.2 Å². The van der Waals surface area contributed by atoms with E-state index in [1.54, 1.807) is 65.8 Å². The van der Waals surface area contributed by atoms with E-state index in [1.807, 2.05) is 36.5 Å². The molecule has 1 aliphatic rings. The zero-order chi connectivity index (χ0) is 44.3. The summed E-state index contributed by atoms with van der Waals surface area (Å²) < 4.78 is 11.7. The number of rotatable bonds is 6. The van der Waals surface area contributed by atoms with Crippen molar-refractivity contribution in [3.8, 4) is 49.4 Å². The first-order valence-corrected chi connectivity index (χ1v) is 20.2. The topological polar surface area (TPSA) is 119 Å². The number of carbonyl (C=O) groups excluding carboxylic acids is 4. The third-order valence-electron chi connectivity index (χ3n) is 6.49. The lowest BCUT2D eigenvalue weighted by molar-refractivity contribution is 0.0298. The zero-order valence-corrected chi connectivity index (χ0v) is 38.2. The molecule has 1 aliphatic carbocycles. The van der Waals surface area contributed by atoms with E-state index in [0.717, 1.165) is 21.8 Å². The molecular weight excluding hydrogens is 932 g/mol. The van der Waals surface area contributed by atoms with Gasteiger partial charge in [-0.25, -0.2) is 9.59 Å². The molecule has 0 spiro atoms. The predicted molar refractivity (Wildman–Crippen MR) is 240 cm³/mol. The molecule has 0 unspecified atom stereocenters. The van der Waals surface area contributed by atoms with Crippen LogP contribution >= 0.6 is 47.8 Å². The number of ketones is 1. The molecule has 2 aromatic carbocycles. The van der Waals surface area contributed by atoms with Crippen LogP contribution in [0.1, 0.15) is 85.5 Å². The Morgan fingerprint density at radius 1 is 0.810 bits per heavy atom. The fraction of sp³-hybridized carbons (Fsp3) is 0.333. The lowest BCUT2D eigenvalue weighted by atomic mass is 10.1. The first-order valence-electron chi connectivity index (χ1n) is 17.5. The van der Waals surface area contributed by atoms with Gasteiger partial charge in [0, 0.05) is 26.3 Å². The Hall–Kier alpha value is -5.36. The number of pyridine rings is 1. The van der Waals surface area contributed by atoms with Crippen LogP contribution in [0.4, 0.5) is 9.59 Å². The summed E-state index contributed by atoms with van der Waals surface area (Å²) in [5, 5.41) is 3.05. The first kappa shape index (κ1) is 52.6. The second-order valence-electron chi connectivity index (χ2n) is 13.6. The van der Waals surface area contributed by atoms with E-state index in [-0.39, 0.29) is 25.4 Å². The molecule has 1 heterocycles. The fourth-order valence-corrected chi connectivity index (χ4v) is 5.01. The number of alkyl carbamates (subject to hydrolysis) is 1. The van der Waals surface area contributed by atoms with E-state index in [2.05, 4.69) is 86.6 Å². The maximum Gasteiger partial charge on any atom is 0.411 e. The number of alkyl halides is 1. The number of hydrogen-bond acceptors (Lipinski definition) is 7. The third-order valence-corrected chi connectivity index (χ3v) is 7.80. The largest absolute Gasteiger partial charge is 0.444 e. The minimum absolute atomic E-state index is 0.00833. The number of aromatic nitrogens is 1. The van der Waals surface area contributed by atoms with Gasteiger partial charge in [-0.15, -0.1) is 25.7 Å². The molecule has 3 aromatic rings. The van der Waals surface area contributed by atoms with Gasteiger partial charge in [0.2, 0.25) is 5.78 Å². The van der Waals surface area contributed by atoms with E-state index in [9.17, 15) is 19.2 Å². The molecule has 0 aliphatic heterocycles. The predicted octanol–water partition coefficient (Wildman–Crippen LogP) is 9.72. The van der Waals surface area contributed by atoms with E-state index < -0.39 is 29.3 Å². The zero-order valence-electron chi connectivity index (χ0n) is 33.5. The highest BCUT2D eigenvalue weighted by molar-refractivity contribution is 9.10. The van der Waals surface area contributed by atoms with E-state index >= 15 is 0 Å². The monoisotopic (exact) mass is 976 g/mol. The minimum Gasteiger partial charge on any atom is -0.444 e. The number of halogens is 3. The minimum atomic E-state index is -0.529. The van der Waals surface area contributed by atoms with Crippen molar-refractivity contribution in [2.75, 3.05) is 25.0 Å². The fourth-order valence-electron chi connectivity index (χ4n) is 4.21. The SMILES string of the molecule is C#CCBr.C#CCN(CC#C)C(=O)OC(C)(C)C.C#CCNC(=O)OC(C)(C)C.O=C(c1cccc(Br)c1)c1cc2c(cn1)CCC2.[C-]#[N+]C(=O)c1cccc(Br)c1. The molecule has 304 valence electrons. The average molecular weight is 980 g/mol. The number of amides is 3. The molecule has 10 nitrogen and oxygen atoms in total. The lowest BCUT2D eigenvalue weighted by Gasteiger charge is -2.24. The number of nitrogens with zero attached hydrogens (tertiary/aromatic N) is 3. The molecule has 58 heavy (non-hydrogen) atoms. The van der Waals surface area contributed by atoms with Crippen molar-refractivity contribution in [3.05, 3.63) is 109 Å². The van der Waals surface area contributed by atoms with Gasteiger partial charge in [0.05, 0.1) is 31.5 Å². The van der Waals surface area contributed by atoms with Crippen molar-refractivity contribution in [1.82, 2.24) is 15.2 Å². The van der Waals surface area contributed by atoms with Gasteiger partial charge >= 0.3 is 18.1 Å². The van der Waals surface area contributed by atoms with Crippen LogP contribution in [-0.2, 0) is 22.3 Å². The van der Waals surface area contributed by atoms with Crippen LogP contribution in [0.3, 0.4) is 0 Å². The Balaban J connectivity index is 0.000000740. The highest BCUT2D eigenvalue weighted by Gasteiger charge is 2.21. The Bertz CT molecular complexity index is 2040. The molecule has 1 N–H and O–H groups in total. The summed E-state index contributed by atoms with van der Waals surface area (Å²) in [5.74, 6) is 8.79. The quantitative estimate of drug-likeness (QED) is 0.113. The summed E-state index contributed by atoms with van der Waals surface area (Å²) in [6.07, 6.45) is 24.1. The van der Waals surface area contributed by atoms with Gasteiger partial charge in [-0.2, -0.15) is 4.85 Å². The molecule has 3 amide bonds. The second kappa shape index (κ2) is 28.1. The number of carbonyl (C=O) groups is 4. The van der Waals surface area contributed by atoms with Crippen molar-refractivity contribution in [2.24, 2.45) is 0 Å². The van der Waals surface area contributed by atoms with Gasteiger partial charge in [0.25, 0.3) is 0 Å². The highest BCUT2D eigenvalue weighted by Crippen LogP contribution is 2.23. The number of benzene rings is 2. The van der Waals surface area contributed by atoms with Crippen LogP contribution in [0.25, 0.3) is 4.85 Å². The first-order chi connectivity index (χ1) is 27.2. The number of hydrogen-bond donors (Lipinski definition) is 1. The molecule has 0 saturated carbocycles. The van der Waals surface area contributed by atoms with Gasteiger partial charge in [-0.3, -0.25) is 14.7 Å². The van der Waals surface area contributed by atoms with Crippen LogP contribution in [-0.4, -0.2) is 69.9 Å². The van der Waals surface area contributed by atoms with Gasteiger partial charge in [-0.05, 0) is 102 Å². The molecule has 1 aromatic heterocycles. The van der Waals surface area contributed by atoms with Crippen LogP contribution in [0.5, 0.6) is 0 Å². The van der Waals surface area contributed by atoms with Gasteiger partial charge in [-0.1, -0.05) is 95.7 Å². The Labute approximate surface area is 368 Å². The Kier molecular flexibility index (Phi) is 25.5. The average Bonchev–Trinajstić information content (AvgIpc) is 3.64. The molecule has 0 atom stereocenters. The molecular formula is C45H47Br3N4O6. The summed E-state index contributed by atoms with van der Waals surface area (Å²) in [6, 6.07) is 16.1. The van der Waals surface area contributed by atoms with Crippen LogP contribution in [0.15, 0.2) is 69.7 Å². The smallest absolute Gasteiger partial charge is 0.411 e. The molecule has 0 bridgehead atoms. The van der Waals surface area contributed by atoms with Crippen molar-refractivity contribution < 1.29 is 28.7 Å². The number of ether oxygens (including phenoxy) is 2. The molecule has 0 radical (unpaired) electrons. The maximum absolute atomic E-state index is 12.3. The standard InChI is InChI=1S/C15H12BrNO.C11H15NO2.C8H4BrNO.C8H13NO2.C3H3Br/c16-13-6-2-4-11(7-13)15(18)14-8-10-3-1-5-12(10)9-17-14;1-6-8-12(9-7-2)10(13)14-11(3,4)5;1-10-8(11)6-3-2-4-7(9)5-6;1-5-6-9-7(10)11-8(2,3)4;1-2-3-4/h2,4,6-9H,1,3,5H2;1-2H,8-9H2,3-5H3;2-5H;1H,6H2,2-4H3,(H,9,10);1H,3H2. The maximum atomic E-state index is 12.3. The molecule has 4 rings (SSSR count). The number of fused-ring (bicyclic) bond motifs is 1. The van der Waals surface area contributed by atoms with E-state index in [4.69, 9.17) is 41.7 Å². The molecule has 0 saturated heterocycles. The van der Waals surface area contributed by atoms with Crippen LogP contribution < -0.4 is 5.32 Å². The number of nitrogens with one attached hydrogen (secondary N) is 1. The van der Waals surface area contributed by atoms with Crippen LogP contribution in [0, 0.1) is 55.9 Å². The van der Waals surface area contributed by atoms with Crippen molar-refractivity contribution in [1.29, 1.82) is 0 Å². The van der Waals surface area contributed by atoms with Gasteiger partial charge < -0.3 is 19.6 Å². The summed E-state index contributed by atoms with van der Waals surface area (Å²) >= 11 is 9.60. The number of aryl methyl sites for hydroxylation is 2. The Morgan fingerprint density at radius 2 is 1.33 bits per heavy atom. The third kappa shape index (κ3) is 23.6. The van der Waals surface area contributed by atoms with Crippen LogP contribution in [0.2, 0.25) is 0 Å². The van der Waals surface area contributed by atoms with Crippen molar-refractivity contribution in [3.63, 3.8) is 0 Å². The summed E-state index contributed by atoms with van der Waals surface area (Å²) in [7, 11) is 0. The van der Waals surface area contributed by atoms with Crippen molar-refractivity contribution in [2.45, 2.75) is 72.0 Å². The Morgan fingerprint density at radius 3 is 1.79 bits per heavy atom. The highest BCUT2D eigenvalue weighted by atomic mass is 79.9. The lowest BCUT2D eigenvalue weighted by Crippen LogP contribution is -2.37. The van der Waals surface area contributed by atoms with Gasteiger partial charge in [0.1, 0.15) is 16.9 Å². The normalized spacial score (nSPS) is 10.4. The molecule has 0 fully saturated rings. The molecule has 13 heteroatoms. The van der Waals surface area contributed by atoms with Crippen molar-refractivity contribution >= 4 is 71.7 Å². The number of terminal acetylenes is 4. The summed E-state index contributed by atoms with van der Waals surface area (Å²) in [5.41, 5.74) is 3.24. The second-order valence-corrected chi connectivity index (χ2v) is 16.0.